The zero-order valence-corrected chi connectivity index (χ0v) is 12.2. The number of fused-ring (bicyclic) bond motifs is 1. The van der Waals surface area contributed by atoms with Crippen molar-refractivity contribution in [3.05, 3.63) is 11.5 Å². The zero-order valence-electron chi connectivity index (χ0n) is 11.5. The van der Waals surface area contributed by atoms with Crippen LogP contribution >= 0.6 is 11.6 Å². The second-order valence-electron chi connectivity index (χ2n) is 4.32. The van der Waals surface area contributed by atoms with Gasteiger partial charge in [0.05, 0.1) is 18.2 Å². The first-order valence-electron chi connectivity index (χ1n) is 6.14. The fraction of sp³-hybridized carbons (Fsp3) is 0.583. The number of hydrogen-bond acceptors (Lipinski definition) is 4. The molecular weight excluding hydrogens is 268 g/mol. The molecule has 0 saturated heterocycles. The molecule has 104 valence electrons. The molecule has 0 radical (unpaired) electrons. The van der Waals surface area contributed by atoms with Crippen molar-refractivity contribution in [1.82, 2.24) is 19.3 Å². The lowest BCUT2D eigenvalue weighted by molar-refractivity contribution is -0.141. The number of imidazole rings is 1. The van der Waals surface area contributed by atoms with Gasteiger partial charge in [0.1, 0.15) is 17.9 Å². The Labute approximate surface area is 116 Å². The summed E-state index contributed by atoms with van der Waals surface area (Å²) in [5.74, 6) is 0.323. The summed E-state index contributed by atoms with van der Waals surface area (Å²) in [7, 11) is 1.36. The summed E-state index contributed by atoms with van der Waals surface area (Å²) in [5, 5.41) is 4.11. The molecule has 1 unspecified atom stereocenters. The van der Waals surface area contributed by atoms with Gasteiger partial charge in [-0.2, -0.15) is 5.10 Å². The van der Waals surface area contributed by atoms with Crippen LogP contribution in [0.5, 0.6) is 0 Å². The standard InChI is InChI=1S/C12H17ClN4O2/c1-5-17-12-10(8(3)15-17)14-11(7(2)13)16(12)6-9(18)19-4/h7H,5-6H2,1-4H3. The molecule has 0 amide bonds. The lowest BCUT2D eigenvalue weighted by atomic mass is 10.4. The predicted molar refractivity (Wildman–Crippen MR) is 72.2 cm³/mol. The Kier molecular flexibility index (Phi) is 3.80. The third kappa shape index (κ3) is 2.32. The molecule has 0 aliphatic rings. The van der Waals surface area contributed by atoms with E-state index in [0.717, 1.165) is 16.9 Å². The number of esters is 1. The van der Waals surface area contributed by atoms with Gasteiger partial charge in [-0.1, -0.05) is 0 Å². The number of halogens is 1. The molecule has 0 aliphatic carbocycles. The average molecular weight is 285 g/mol. The molecule has 2 aromatic heterocycles. The Balaban J connectivity index is 2.67. The Morgan fingerprint density at radius 3 is 2.74 bits per heavy atom. The van der Waals surface area contributed by atoms with E-state index in [0.29, 0.717) is 12.4 Å². The van der Waals surface area contributed by atoms with Crippen LogP contribution in [-0.2, 0) is 22.6 Å². The van der Waals surface area contributed by atoms with E-state index >= 15 is 0 Å². The highest BCUT2D eigenvalue weighted by Gasteiger charge is 2.22. The van der Waals surface area contributed by atoms with Crippen molar-refractivity contribution in [1.29, 1.82) is 0 Å². The zero-order chi connectivity index (χ0) is 14.2. The number of nitrogens with zero attached hydrogens (tertiary/aromatic N) is 4. The first-order valence-corrected chi connectivity index (χ1v) is 6.57. The highest BCUT2D eigenvalue weighted by atomic mass is 35.5. The van der Waals surface area contributed by atoms with E-state index < -0.39 is 0 Å². The van der Waals surface area contributed by atoms with Crippen LogP contribution in [0.2, 0.25) is 0 Å². The Hall–Kier alpha value is -1.56. The van der Waals surface area contributed by atoms with Crippen LogP contribution in [0.4, 0.5) is 0 Å². The fourth-order valence-corrected chi connectivity index (χ4v) is 2.28. The number of carbonyl (C=O) groups is 1. The van der Waals surface area contributed by atoms with Gasteiger partial charge in [-0.05, 0) is 20.8 Å². The molecule has 2 aromatic rings. The number of ether oxygens (including phenoxy) is 1. The molecule has 0 fully saturated rings. The number of hydrogen-bond donors (Lipinski definition) is 0. The summed E-state index contributed by atoms with van der Waals surface area (Å²) >= 11 is 6.15. The van der Waals surface area contributed by atoms with Gasteiger partial charge in [0, 0.05) is 6.54 Å². The van der Waals surface area contributed by atoms with Crippen molar-refractivity contribution < 1.29 is 9.53 Å². The third-order valence-electron chi connectivity index (χ3n) is 3.00. The maximum absolute atomic E-state index is 11.6. The summed E-state index contributed by atoms with van der Waals surface area (Å²) in [4.78, 5) is 16.1. The van der Waals surface area contributed by atoms with Crippen LogP contribution in [0.3, 0.4) is 0 Å². The molecule has 0 aliphatic heterocycles. The third-order valence-corrected chi connectivity index (χ3v) is 3.19. The van der Waals surface area contributed by atoms with E-state index in [4.69, 9.17) is 16.3 Å². The number of aryl methyl sites for hydroxylation is 2. The van der Waals surface area contributed by atoms with E-state index in [9.17, 15) is 4.79 Å². The minimum Gasteiger partial charge on any atom is -0.468 e. The van der Waals surface area contributed by atoms with Gasteiger partial charge in [0.15, 0.2) is 5.65 Å². The normalized spacial score (nSPS) is 12.9. The molecule has 0 N–H and O–H groups in total. The van der Waals surface area contributed by atoms with E-state index in [1.807, 2.05) is 25.5 Å². The van der Waals surface area contributed by atoms with Gasteiger partial charge < -0.3 is 9.30 Å². The number of alkyl halides is 1. The average Bonchev–Trinajstić information content (AvgIpc) is 2.88. The quantitative estimate of drug-likeness (QED) is 0.637. The lowest BCUT2D eigenvalue weighted by Crippen LogP contribution is -2.16. The Bertz CT molecular complexity index is 615. The molecule has 2 rings (SSSR count). The summed E-state index contributed by atoms with van der Waals surface area (Å²) < 4.78 is 8.33. The van der Waals surface area contributed by atoms with Crippen molar-refractivity contribution in [3.63, 3.8) is 0 Å². The smallest absolute Gasteiger partial charge is 0.325 e. The van der Waals surface area contributed by atoms with E-state index in [1.54, 1.807) is 4.57 Å². The van der Waals surface area contributed by atoms with E-state index in [1.165, 1.54) is 7.11 Å². The molecule has 19 heavy (non-hydrogen) atoms. The van der Waals surface area contributed by atoms with E-state index in [-0.39, 0.29) is 17.9 Å². The van der Waals surface area contributed by atoms with Gasteiger partial charge >= 0.3 is 5.97 Å². The lowest BCUT2D eigenvalue weighted by Gasteiger charge is -2.10. The molecule has 0 bridgehead atoms. The maximum Gasteiger partial charge on any atom is 0.325 e. The summed E-state index contributed by atoms with van der Waals surface area (Å²) in [6.45, 7) is 6.51. The Morgan fingerprint density at radius 2 is 2.21 bits per heavy atom. The van der Waals surface area contributed by atoms with Crippen LogP contribution in [0.1, 0.15) is 30.7 Å². The summed E-state index contributed by atoms with van der Waals surface area (Å²) in [5.41, 5.74) is 2.43. The molecule has 1 atom stereocenters. The number of carbonyl (C=O) groups excluding carboxylic acids is 1. The highest BCUT2D eigenvalue weighted by Crippen LogP contribution is 2.26. The number of rotatable bonds is 4. The second-order valence-corrected chi connectivity index (χ2v) is 4.98. The van der Waals surface area contributed by atoms with Crippen molar-refractivity contribution in [2.75, 3.05) is 7.11 Å². The van der Waals surface area contributed by atoms with Crippen molar-refractivity contribution >= 4 is 28.7 Å². The largest absolute Gasteiger partial charge is 0.468 e. The van der Waals surface area contributed by atoms with Crippen molar-refractivity contribution in [3.8, 4) is 0 Å². The molecule has 2 heterocycles. The van der Waals surface area contributed by atoms with Crippen LogP contribution in [0, 0.1) is 6.92 Å². The maximum atomic E-state index is 11.6. The first-order chi connectivity index (χ1) is 8.99. The molecular formula is C12H17ClN4O2. The van der Waals surface area contributed by atoms with Crippen LogP contribution in [0.25, 0.3) is 11.2 Å². The predicted octanol–water partition coefficient (Wildman–Crippen LogP) is 2.03. The SMILES string of the molecule is CCn1nc(C)c2nc(C(C)Cl)n(CC(=O)OC)c21. The van der Waals surface area contributed by atoms with Crippen LogP contribution in [0.15, 0.2) is 0 Å². The minimum absolute atomic E-state index is 0.0878. The van der Waals surface area contributed by atoms with Crippen LogP contribution in [-0.4, -0.2) is 32.4 Å². The van der Waals surface area contributed by atoms with Gasteiger partial charge in [-0.15, -0.1) is 11.6 Å². The summed E-state index contributed by atoms with van der Waals surface area (Å²) in [6, 6.07) is 0. The summed E-state index contributed by atoms with van der Waals surface area (Å²) in [6.07, 6.45) is 0. The second kappa shape index (κ2) is 5.21. The van der Waals surface area contributed by atoms with Gasteiger partial charge in [0.25, 0.3) is 0 Å². The highest BCUT2D eigenvalue weighted by molar-refractivity contribution is 6.20. The molecule has 7 heteroatoms. The molecule has 6 nitrogen and oxygen atoms in total. The minimum atomic E-state index is -0.334. The number of methoxy groups -OCH3 is 1. The van der Waals surface area contributed by atoms with Crippen molar-refractivity contribution in [2.24, 2.45) is 0 Å². The van der Waals surface area contributed by atoms with Crippen LogP contribution < -0.4 is 0 Å². The Morgan fingerprint density at radius 1 is 1.53 bits per heavy atom. The van der Waals surface area contributed by atoms with Gasteiger partial charge in [-0.3, -0.25) is 4.79 Å². The topological polar surface area (TPSA) is 61.9 Å². The van der Waals surface area contributed by atoms with E-state index in [2.05, 4.69) is 10.1 Å². The first kappa shape index (κ1) is 13.9. The van der Waals surface area contributed by atoms with Gasteiger partial charge in [0.2, 0.25) is 0 Å². The van der Waals surface area contributed by atoms with Gasteiger partial charge in [-0.25, -0.2) is 9.67 Å². The van der Waals surface area contributed by atoms with Crippen molar-refractivity contribution in [2.45, 2.75) is 39.2 Å². The molecule has 0 spiro atoms. The fourth-order valence-electron chi connectivity index (χ4n) is 2.12. The molecule has 0 aromatic carbocycles. The number of aromatic nitrogens is 4. The molecule has 0 saturated carbocycles. The monoisotopic (exact) mass is 284 g/mol.